The molecule has 2 aromatic rings. The summed E-state index contributed by atoms with van der Waals surface area (Å²) in [7, 11) is 1.38. The molecule has 0 spiro atoms. The van der Waals surface area contributed by atoms with Gasteiger partial charge < -0.3 is 19.9 Å². The van der Waals surface area contributed by atoms with Crippen molar-refractivity contribution < 1.29 is 33.0 Å². The molecule has 1 amide bonds. The van der Waals surface area contributed by atoms with Crippen molar-refractivity contribution in [2.45, 2.75) is 19.3 Å². The summed E-state index contributed by atoms with van der Waals surface area (Å²) in [5.41, 5.74) is 0.132. The number of methoxy groups -OCH3 is 1. The Hall–Kier alpha value is -3.16. The van der Waals surface area contributed by atoms with Crippen molar-refractivity contribution in [1.29, 1.82) is 0 Å². The van der Waals surface area contributed by atoms with Gasteiger partial charge in [0.25, 0.3) is 5.91 Å². The van der Waals surface area contributed by atoms with E-state index in [0.29, 0.717) is 11.3 Å². The van der Waals surface area contributed by atoms with Gasteiger partial charge in [0, 0.05) is 6.54 Å². The highest BCUT2D eigenvalue weighted by molar-refractivity contribution is 5.88. The van der Waals surface area contributed by atoms with Gasteiger partial charge in [-0.2, -0.15) is 8.78 Å². The number of aromatic carboxylic acids is 1. The summed E-state index contributed by atoms with van der Waals surface area (Å²) < 4.78 is 39.4. The number of alkyl halides is 2. The number of nitrogens with one attached hydrogen (secondary N) is 1. The topological polar surface area (TPSA) is 84.9 Å². The summed E-state index contributed by atoms with van der Waals surface area (Å²) >= 11 is 0. The number of benzene rings is 2. The molecule has 0 radical (unpaired) electrons. The molecule has 0 fully saturated rings. The number of amides is 1. The van der Waals surface area contributed by atoms with Crippen LogP contribution in [-0.4, -0.2) is 37.2 Å². The number of rotatable bonds is 9. The lowest BCUT2D eigenvalue weighted by atomic mass is 10.1. The fourth-order valence-electron chi connectivity index (χ4n) is 2.64. The highest BCUT2D eigenvalue weighted by Crippen LogP contribution is 2.35. The number of ether oxygens (including phenoxy) is 2. The third-order valence-corrected chi connectivity index (χ3v) is 4.02. The van der Waals surface area contributed by atoms with Crippen LogP contribution in [0, 0.1) is 0 Å². The maximum absolute atomic E-state index is 14.6. The first-order valence-electron chi connectivity index (χ1n) is 8.59. The fourth-order valence-corrected chi connectivity index (χ4v) is 2.64. The zero-order valence-corrected chi connectivity index (χ0v) is 15.5. The minimum atomic E-state index is -3.76. The molecule has 2 rings (SSSR count). The summed E-state index contributed by atoms with van der Waals surface area (Å²) in [6.45, 7) is 1.78. The van der Waals surface area contributed by atoms with Crippen LogP contribution in [0.1, 0.15) is 28.4 Å². The third kappa shape index (κ3) is 4.76. The number of carboxylic acid groups (broad SMARTS) is 1. The molecule has 2 N–H and O–H groups in total. The van der Waals surface area contributed by atoms with Gasteiger partial charge in [-0.1, -0.05) is 18.2 Å². The second-order valence-corrected chi connectivity index (χ2v) is 5.84. The largest absolute Gasteiger partial charge is 0.496 e. The minimum absolute atomic E-state index is 0.0451. The molecule has 0 aliphatic carbocycles. The van der Waals surface area contributed by atoms with Gasteiger partial charge in [-0.05, 0) is 43.2 Å². The van der Waals surface area contributed by atoms with Crippen LogP contribution < -0.4 is 14.8 Å². The van der Waals surface area contributed by atoms with Gasteiger partial charge in [0.2, 0.25) is 0 Å². The molecule has 2 aromatic carbocycles. The molecule has 0 saturated heterocycles. The van der Waals surface area contributed by atoms with Crippen molar-refractivity contribution in [3.63, 3.8) is 0 Å². The van der Waals surface area contributed by atoms with E-state index in [4.69, 9.17) is 14.6 Å². The molecule has 28 heavy (non-hydrogen) atoms. The summed E-state index contributed by atoms with van der Waals surface area (Å²) in [5, 5.41) is 11.2. The van der Waals surface area contributed by atoms with Gasteiger partial charge in [0.1, 0.15) is 11.5 Å². The zero-order valence-electron chi connectivity index (χ0n) is 15.5. The van der Waals surface area contributed by atoms with Crippen molar-refractivity contribution in [1.82, 2.24) is 5.32 Å². The van der Waals surface area contributed by atoms with E-state index in [1.54, 1.807) is 13.0 Å². The van der Waals surface area contributed by atoms with Crippen molar-refractivity contribution in [3.8, 4) is 11.5 Å². The number of carbonyl (C=O) groups is 2. The Morgan fingerprint density at radius 1 is 1.14 bits per heavy atom. The molecule has 0 aliphatic heterocycles. The Kier molecular flexibility index (Phi) is 6.92. The van der Waals surface area contributed by atoms with Gasteiger partial charge in [-0.25, -0.2) is 4.79 Å². The fraction of sp³-hybridized carbons (Fsp3) is 0.300. The third-order valence-electron chi connectivity index (χ3n) is 4.02. The first kappa shape index (κ1) is 21.1. The van der Waals surface area contributed by atoms with Crippen molar-refractivity contribution in [3.05, 3.63) is 59.2 Å². The molecular weight excluding hydrogens is 372 g/mol. The van der Waals surface area contributed by atoms with Crippen molar-refractivity contribution in [2.75, 3.05) is 20.3 Å². The average Bonchev–Trinajstić information content (AvgIpc) is 2.68. The number of hydrogen-bond donors (Lipinski definition) is 2. The second kappa shape index (κ2) is 9.16. The zero-order chi connectivity index (χ0) is 20.7. The standard InChI is InChI=1S/C20H21F2NO5/c1-3-28-16-7-5-4-6-15(16)20(21,22)19(26)23-11-10-13-8-9-14(18(24)25)12-17(13)27-2/h4-9,12H,3,10-11H2,1-2H3,(H,23,26)(H,24,25). The highest BCUT2D eigenvalue weighted by atomic mass is 19.3. The molecule has 0 aromatic heterocycles. The minimum Gasteiger partial charge on any atom is -0.496 e. The monoisotopic (exact) mass is 393 g/mol. The lowest BCUT2D eigenvalue weighted by molar-refractivity contribution is -0.147. The number of carbonyl (C=O) groups excluding carboxylic acids is 1. The lowest BCUT2D eigenvalue weighted by Crippen LogP contribution is -2.39. The van der Waals surface area contributed by atoms with Gasteiger partial charge in [-0.15, -0.1) is 0 Å². The van der Waals surface area contributed by atoms with Crippen molar-refractivity contribution >= 4 is 11.9 Å². The summed E-state index contributed by atoms with van der Waals surface area (Å²) in [5.74, 6) is -6.05. The van der Waals surface area contributed by atoms with Crippen LogP contribution in [0.5, 0.6) is 11.5 Å². The Balaban J connectivity index is 2.07. The van der Waals surface area contributed by atoms with Gasteiger partial charge in [0.05, 0.1) is 24.8 Å². The van der Waals surface area contributed by atoms with E-state index in [1.165, 1.54) is 37.4 Å². The van der Waals surface area contributed by atoms with E-state index in [1.807, 2.05) is 0 Å². The average molecular weight is 393 g/mol. The molecule has 0 aliphatic rings. The predicted molar refractivity (Wildman–Crippen MR) is 98.2 cm³/mol. The van der Waals surface area contributed by atoms with Gasteiger partial charge in [-0.3, -0.25) is 4.79 Å². The number of para-hydroxylation sites is 1. The first-order chi connectivity index (χ1) is 13.3. The Morgan fingerprint density at radius 2 is 1.86 bits per heavy atom. The quantitative estimate of drug-likeness (QED) is 0.683. The maximum Gasteiger partial charge on any atom is 0.353 e. The molecule has 0 saturated carbocycles. The molecule has 8 heteroatoms. The normalized spacial score (nSPS) is 11.0. The van der Waals surface area contributed by atoms with E-state index in [2.05, 4.69) is 5.32 Å². The molecule has 0 bridgehead atoms. The summed E-state index contributed by atoms with van der Waals surface area (Å²) in [6, 6.07) is 9.74. The summed E-state index contributed by atoms with van der Waals surface area (Å²) in [4.78, 5) is 23.1. The van der Waals surface area contributed by atoms with Gasteiger partial charge in [0.15, 0.2) is 0 Å². The second-order valence-electron chi connectivity index (χ2n) is 5.84. The molecule has 0 atom stereocenters. The molecule has 0 unspecified atom stereocenters. The van der Waals surface area contributed by atoms with E-state index in [9.17, 15) is 18.4 Å². The lowest BCUT2D eigenvalue weighted by Gasteiger charge is -2.19. The Bertz CT molecular complexity index is 854. The van der Waals surface area contributed by atoms with E-state index in [-0.39, 0.29) is 30.9 Å². The van der Waals surface area contributed by atoms with E-state index < -0.39 is 23.4 Å². The van der Waals surface area contributed by atoms with E-state index >= 15 is 0 Å². The predicted octanol–water partition coefficient (Wildman–Crippen LogP) is 3.24. The van der Waals surface area contributed by atoms with Crippen LogP contribution in [0.25, 0.3) is 0 Å². The smallest absolute Gasteiger partial charge is 0.353 e. The van der Waals surface area contributed by atoms with Crippen molar-refractivity contribution in [2.24, 2.45) is 0 Å². The van der Waals surface area contributed by atoms with Crippen LogP contribution in [0.15, 0.2) is 42.5 Å². The molecule has 0 heterocycles. The van der Waals surface area contributed by atoms with Crippen LogP contribution in [0.4, 0.5) is 8.78 Å². The molecule has 150 valence electrons. The Labute approximate surface area is 161 Å². The Morgan fingerprint density at radius 3 is 2.50 bits per heavy atom. The van der Waals surface area contributed by atoms with Crippen LogP contribution in [-0.2, 0) is 17.1 Å². The van der Waals surface area contributed by atoms with Gasteiger partial charge >= 0.3 is 11.9 Å². The first-order valence-corrected chi connectivity index (χ1v) is 8.59. The van der Waals surface area contributed by atoms with E-state index in [0.717, 1.165) is 6.07 Å². The number of halogens is 2. The van der Waals surface area contributed by atoms with Crippen LogP contribution >= 0.6 is 0 Å². The number of carboxylic acids is 1. The van der Waals surface area contributed by atoms with Crippen LogP contribution in [0.3, 0.4) is 0 Å². The molecule has 6 nitrogen and oxygen atoms in total. The SMILES string of the molecule is CCOc1ccccc1C(F)(F)C(=O)NCCc1ccc(C(=O)O)cc1OC. The maximum atomic E-state index is 14.6. The van der Waals surface area contributed by atoms with Crippen LogP contribution in [0.2, 0.25) is 0 Å². The molecular formula is C20H21F2NO5. The summed E-state index contributed by atoms with van der Waals surface area (Å²) in [6.07, 6.45) is 0.192. The highest BCUT2D eigenvalue weighted by Gasteiger charge is 2.43. The number of hydrogen-bond acceptors (Lipinski definition) is 4.